The number of nitrogens with two attached hydrogens (primary N) is 1. The molecule has 3 rings (SSSR count). The Morgan fingerprint density at radius 2 is 1.89 bits per heavy atom. The highest BCUT2D eigenvalue weighted by Gasteiger charge is 2.21. The minimum absolute atomic E-state index is 0. The van der Waals surface area contributed by atoms with Crippen molar-refractivity contribution >= 4 is 41.8 Å². The smallest absolute Gasteiger partial charge is 0.273 e. The second-order valence-electron chi connectivity index (χ2n) is 7.18. The van der Waals surface area contributed by atoms with Crippen molar-refractivity contribution < 1.29 is 4.79 Å². The van der Waals surface area contributed by atoms with E-state index in [9.17, 15) is 9.59 Å². The summed E-state index contributed by atoms with van der Waals surface area (Å²) >= 11 is 0. The minimum Gasteiger partial charge on any atom is -0.353 e. The van der Waals surface area contributed by atoms with Crippen LogP contribution in [0.5, 0.6) is 0 Å². The fraction of sp³-hybridized carbons (Fsp3) is 0.611. The van der Waals surface area contributed by atoms with Crippen LogP contribution in [0.1, 0.15) is 48.9 Å². The van der Waals surface area contributed by atoms with Gasteiger partial charge in [-0.05, 0) is 57.1 Å². The van der Waals surface area contributed by atoms with Gasteiger partial charge in [-0.3, -0.25) is 19.4 Å². The first-order valence-corrected chi connectivity index (χ1v) is 8.96. The van der Waals surface area contributed by atoms with Gasteiger partial charge in [0.1, 0.15) is 0 Å². The number of carbonyl (C=O) groups excluding carboxylic acids is 1. The number of halogens is 2. The number of hydrogen-bond acceptors (Lipinski definition) is 4. The number of fused-ring (bicyclic) bond motifs is 1. The molecule has 0 atom stereocenters. The van der Waals surface area contributed by atoms with Gasteiger partial charge >= 0.3 is 0 Å². The molecule has 0 bridgehead atoms. The van der Waals surface area contributed by atoms with Crippen molar-refractivity contribution in [2.45, 2.75) is 64.5 Å². The summed E-state index contributed by atoms with van der Waals surface area (Å²) in [4.78, 5) is 28.9. The molecule has 1 aliphatic rings. The van der Waals surface area contributed by atoms with Gasteiger partial charge in [-0.2, -0.15) is 0 Å². The lowest BCUT2D eigenvalue weighted by Gasteiger charge is -2.26. The van der Waals surface area contributed by atoms with Crippen LogP contribution >= 0.6 is 24.8 Å². The number of nitrogens with one attached hydrogen (secondary N) is 2. The predicted molar refractivity (Wildman–Crippen MR) is 112 cm³/mol. The van der Waals surface area contributed by atoms with E-state index in [-0.39, 0.29) is 48.4 Å². The fourth-order valence-electron chi connectivity index (χ4n) is 3.82. The average molecular weight is 418 g/mol. The van der Waals surface area contributed by atoms with Crippen LogP contribution in [0.4, 0.5) is 0 Å². The standard InChI is InChI=1S/C18H27N5O2.2ClH/c1-10-14(11(2)20-17-16(10)18(25)22-23(17)3)8-9-15(24)21-13-6-4-12(19)5-7-13;;/h12-13H,4-9,19H2,1-3H3,(H,21,24)(H,22,25);2*1H. The molecule has 0 aromatic carbocycles. The summed E-state index contributed by atoms with van der Waals surface area (Å²) in [5.41, 5.74) is 9.21. The number of pyridine rings is 1. The Bertz CT molecular complexity index is 854. The van der Waals surface area contributed by atoms with Crippen LogP contribution in [0.15, 0.2) is 4.79 Å². The summed E-state index contributed by atoms with van der Waals surface area (Å²) in [6.45, 7) is 3.86. The highest BCUT2D eigenvalue weighted by Crippen LogP contribution is 2.21. The van der Waals surface area contributed by atoms with E-state index in [1.54, 1.807) is 11.7 Å². The molecule has 0 saturated heterocycles. The van der Waals surface area contributed by atoms with Crippen LogP contribution in [0.3, 0.4) is 0 Å². The molecule has 1 amide bonds. The molecule has 152 valence electrons. The Labute approximate surface area is 171 Å². The third-order valence-corrected chi connectivity index (χ3v) is 5.31. The van der Waals surface area contributed by atoms with Crippen molar-refractivity contribution in [1.29, 1.82) is 0 Å². The number of aromatic amines is 1. The van der Waals surface area contributed by atoms with Crippen molar-refractivity contribution in [1.82, 2.24) is 20.1 Å². The largest absolute Gasteiger partial charge is 0.353 e. The summed E-state index contributed by atoms with van der Waals surface area (Å²) in [5.74, 6) is 0.0568. The molecule has 27 heavy (non-hydrogen) atoms. The van der Waals surface area contributed by atoms with E-state index in [1.807, 2.05) is 13.8 Å². The number of nitrogens with zero attached hydrogens (tertiary/aromatic N) is 2. The van der Waals surface area contributed by atoms with Gasteiger partial charge in [-0.1, -0.05) is 0 Å². The lowest BCUT2D eigenvalue weighted by Crippen LogP contribution is -2.40. The maximum absolute atomic E-state index is 12.3. The third-order valence-electron chi connectivity index (χ3n) is 5.31. The Morgan fingerprint density at radius 3 is 2.52 bits per heavy atom. The zero-order valence-corrected chi connectivity index (χ0v) is 17.6. The molecule has 2 heterocycles. The zero-order valence-electron chi connectivity index (χ0n) is 16.0. The van der Waals surface area contributed by atoms with Crippen LogP contribution in [-0.2, 0) is 18.3 Å². The van der Waals surface area contributed by atoms with Crippen LogP contribution < -0.4 is 16.6 Å². The normalized spacial score (nSPS) is 19.3. The second-order valence-corrected chi connectivity index (χ2v) is 7.18. The molecule has 2 aromatic rings. The first-order chi connectivity index (χ1) is 11.9. The number of rotatable bonds is 4. The number of carbonyl (C=O) groups is 1. The number of aromatic nitrogens is 3. The Hall–Kier alpha value is -1.57. The molecule has 7 nitrogen and oxygen atoms in total. The maximum Gasteiger partial charge on any atom is 0.273 e. The molecule has 0 aliphatic heterocycles. The molecule has 0 radical (unpaired) electrons. The number of amides is 1. The molecule has 1 saturated carbocycles. The van der Waals surface area contributed by atoms with E-state index in [1.165, 1.54) is 0 Å². The summed E-state index contributed by atoms with van der Waals surface area (Å²) in [6, 6.07) is 0.521. The summed E-state index contributed by atoms with van der Waals surface area (Å²) < 4.78 is 1.64. The van der Waals surface area contributed by atoms with E-state index in [2.05, 4.69) is 15.4 Å². The topological polar surface area (TPSA) is 106 Å². The molecule has 1 fully saturated rings. The Balaban J connectivity index is 0.00000182. The van der Waals surface area contributed by atoms with Crippen LogP contribution in [0, 0.1) is 13.8 Å². The number of aryl methyl sites for hydroxylation is 3. The Kier molecular flexibility index (Phi) is 8.32. The first-order valence-electron chi connectivity index (χ1n) is 8.96. The van der Waals surface area contributed by atoms with Gasteiger partial charge in [0.2, 0.25) is 5.91 Å². The third kappa shape index (κ3) is 5.03. The monoisotopic (exact) mass is 417 g/mol. The van der Waals surface area contributed by atoms with E-state index < -0.39 is 0 Å². The van der Waals surface area contributed by atoms with Gasteiger partial charge in [0, 0.05) is 31.2 Å². The first kappa shape index (κ1) is 23.5. The lowest BCUT2D eigenvalue weighted by atomic mass is 9.91. The molecular formula is C18H29Cl2N5O2. The predicted octanol–water partition coefficient (Wildman–Crippen LogP) is 2.04. The van der Waals surface area contributed by atoms with Gasteiger partial charge in [0.15, 0.2) is 5.65 Å². The van der Waals surface area contributed by atoms with Gasteiger partial charge in [0.05, 0.1) is 5.39 Å². The van der Waals surface area contributed by atoms with Gasteiger partial charge in [-0.25, -0.2) is 4.98 Å². The van der Waals surface area contributed by atoms with Crippen molar-refractivity contribution in [3.8, 4) is 0 Å². The molecule has 4 N–H and O–H groups in total. The van der Waals surface area contributed by atoms with E-state index in [4.69, 9.17) is 5.73 Å². The second kappa shape index (κ2) is 9.57. The van der Waals surface area contributed by atoms with Crippen LogP contribution in [0.25, 0.3) is 11.0 Å². The van der Waals surface area contributed by atoms with Gasteiger partial charge < -0.3 is 11.1 Å². The molecule has 0 unspecified atom stereocenters. The van der Waals surface area contributed by atoms with Crippen LogP contribution in [-0.4, -0.2) is 32.8 Å². The van der Waals surface area contributed by atoms with Crippen LogP contribution in [0.2, 0.25) is 0 Å². The van der Waals surface area contributed by atoms with E-state index in [0.29, 0.717) is 23.9 Å². The van der Waals surface area contributed by atoms with Crippen molar-refractivity contribution in [2.75, 3.05) is 0 Å². The SMILES string of the molecule is Cc1nc2c(c(C)c1CCC(=O)NC1CCC(N)CC1)c(=O)[nH]n2C.Cl.Cl. The number of hydrogen-bond donors (Lipinski definition) is 3. The molecule has 0 spiro atoms. The minimum atomic E-state index is -0.133. The molecule has 1 aliphatic carbocycles. The molecule has 2 aromatic heterocycles. The maximum atomic E-state index is 12.3. The Morgan fingerprint density at radius 1 is 1.26 bits per heavy atom. The average Bonchev–Trinajstić information content (AvgIpc) is 2.83. The van der Waals surface area contributed by atoms with Gasteiger partial charge in [0.25, 0.3) is 5.56 Å². The van der Waals surface area contributed by atoms with Crippen molar-refractivity contribution in [3.05, 3.63) is 27.2 Å². The van der Waals surface area contributed by atoms with E-state index in [0.717, 1.165) is 42.5 Å². The fourth-order valence-corrected chi connectivity index (χ4v) is 3.82. The van der Waals surface area contributed by atoms with Gasteiger partial charge in [-0.15, -0.1) is 24.8 Å². The summed E-state index contributed by atoms with van der Waals surface area (Å²) in [6.07, 6.45) is 4.85. The molecule has 9 heteroatoms. The number of H-pyrrole nitrogens is 1. The van der Waals surface area contributed by atoms with Crippen molar-refractivity contribution in [3.63, 3.8) is 0 Å². The quantitative estimate of drug-likeness (QED) is 0.707. The highest BCUT2D eigenvalue weighted by molar-refractivity contribution is 5.85. The van der Waals surface area contributed by atoms with E-state index >= 15 is 0 Å². The summed E-state index contributed by atoms with van der Waals surface area (Å²) in [7, 11) is 1.78. The zero-order chi connectivity index (χ0) is 18.1. The lowest BCUT2D eigenvalue weighted by molar-refractivity contribution is -0.122. The van der Waals surface area contributed by atoms with Crippen molar-refractivity contribution in [2.24, 2.45) is 12.8 Å². The molecular weight excluding hydrogens is 389 g/mol. The summed E-state index contributed by atoms with van der Waals surface area (Å²) in [5, 5.41) is 6.47. The highest BCUT2D eigenvalue weighted by atomic mass is 35.5.